The third kappa shape index (κ3) is 4.17. The van der Waals surface area contributed by atoms with Crippen LogP contribution in [0.5, 0.6) is 11.5 Å². The topological polar surface area (TPSA) is 46.6 Å². The van der Waals surface area contributed by atoms with E-state index in [-0.39, 0.29) is 16.3 Å². The fourth-order valence-corrected chi connectivity index (χ4v) is 3.71. The maximum atomic E-state index is 12.2. The van der Waals surface area contributed by atoms with E-state index in [9.17, 15) is 9.59 Å². The average molecular weight is 341 g/mol. The molecule has 1 heterocycles. The van der Waals surface area contributed by atoms with Crippen molar-refractivity contribution < 1.29 is 14.3 Å². The predicted molar refractivity (Wildman–Crippen MR) is 95.1 cm³/mol. The van der Waals surface area contributed by atoms with Crippen molar-refractivity contribution in [2.75, 3.05) is 6.54 Å². The van der Waals surface area contributed by atoms with Gasteiger partial charge in [-0.15, -0.1) is 0 Å². The monoisotopic (exact) mass is 341 g/mol. The van der Waals surface area contributed by atoms with Gasteiger partial charge in [-0.3, -0.25) is 9.59 Å². The minimum Gasteiger partial charge on any atom is -0.457 e. The summed E-state index contributed by atoms with van der Waals surface area (Å²) in [4.78, 5) is 25.2. The number of para-hydroxylation sites is 2. The number of nitrogens with zero attached hydrogens (tertiary/aromatic N) is 1. The summed E-state index contributed by atoms with van der Waals surface area (Å²) in [5.41, 5.74) is 0.961. The Morgan fingerprint density at radius 3 is 2.62 bits per heavy atom. The lowest BCUT2D eigenvalue weighted by molar-refractivity contribution is -0.128. The van der Waals surface area contributed by atoms with Gasteiger partial charge in [-0.2, -0.15) is 0 Å². The molecular formula is C19H19NO3S. The predicted octanol–water partition coefficient (Wildman–Crippen LogP) is 3.86. The van der Waals surface area contributed by atoms with Crippen LogP contribution in [-0.4, -0.2) is 27.7 Å². The second kappa shape index (κ2) is 7.53. The van der Waals surface area contributed by atoms with Gasteiger partial charge in [0.15, 0.2) is 5.12 Å². The van der Waals surface area contributed by atoms with Crippen molar-refractivity contribution in [3.05, 3.63) is 60.2 Å². The number of thioether (sulfide) groups is 1. The van der Waals surface area contributed by atoms with Crippen molar-refractivity contribution in [2.24, 2.45) is 0 Å². The van der Waals surface area contributed by atoms with E-state index >= 15 is 0 Å². The lowest BCUT2D eigenvalue weighted by Crippen LogP contribution is -2.25. The Labute approximate surface area is 145 Å². The molecule has 2 aromatic rings. The molecule has 1 unspecified atom stereocenters. The number of benzene rings is 2. The quantitative estimate of drug-likeness (QED) is 0.828. The third-order valence-corrected chi connectivity index (χ3v) is 4.80. The van der Waals surface area contributed by atoms with Crippen LogP contribution in [0.2, 0.25) is 0 Å². The summed E-state index contributed by atoms with van der Waals surface area (Å²) in [7, 11) is 0. The molecular weight excluding hydrogens is 322 g/mol. The molecule has 1 amide bonds. The Morgan fingerprint density at radius 2 is 1.88 bits per heavy atom. The van der Waals surface area contributed by atoms with Crippen LogP contribution in [0.4, 0.5) is 0 Å². The molecule has 5 heteroatoms. The summed E-state index contributed by atoms with van der Waals surface area (Å²) in [6, 6.07) is 17.3. The molecule has 1 fully saturated rings. The molecule has 0 aromatic heterocycles. The highest BCUT2D eigenvalue weighted by Gasteiger charge is 2.31. The molecule has 0 spiro atoms. The van der Waals surface area contributed by atoms with Crippen LogP contribution < -0.4 is 4.74 Å². The van der Waals surface area contributed by atoms with Gasteiger partial charge in [0, 0.05) is 37.2 Å². The molecule has 0 saturated carbocycles. The summed E-state index contributed by atoms with van der Waals surface area (Å²) in [6.45, 7) is 2.64. The zero-order valence-corrected chi connectivity index (χ0v) is 14.3. The molecule has 1 atom stereocenters. The van der Waals surface area contributed by atoms with Crippen molar-refractivity contribution in [3.63, 3.8) is 0 Å². The van der Waals surface area contributed by atoms with E-state index in [1.54, 1.807) is 11.8 Å². The summed E-state index contributed by atoms with van der Waals surface area (Å²) in [5, 5.41) is 0.111. The van der Waals surface area contributed by atoms with Crippen LogP contribution in [0.1, 0.15) is 18.9 Å². The Bertz CT molecular complexity index is 732. The van der Waals surface area contributed by atoms with E-state index in [0.29, 0.717) is 19.5 Å². The van der Waals surface area contributed by atoms with Gasteiger partial charge in [0.25, 0.3) is 0 Å². The van der Waals surface area contributed by atoms with Crippen LogP contribution >= 0.6 is 11.8 Å². The van der Waals surface area contributed by atoms with Crippen LogP contribution in [0.3, 0.4) is 0 Å². The summed E-state index contributed by atoms with van der Waals surface area (Å²) >= 11 is 1.25. The number of ether oxygens (including phenoxy) is 1. The normalized spacial score (nSPS) is 17.1. The van der Waals surface area contributed by atoms with Crippen molar-refractivity contribution in [2.45, 2.75) is 25.1 Å². The van der Waals surface area contributed by atoms with E-state index in [0.717, 1.165) is 17.1 Å². The fraction of sp³-hybridized carbons (Fsp3) is 0.263. The molecule has 124 valence electrons. The van der Waals surface area contributed by atoms with E-state index < -0.39 is 0 Å². The zero-order valence-electron chi connectivity index (χ0n) is 13.5. The van der Waals surface area contributed by atoms with Crippen molar-refractivity contribution in [1.82, 2.24) is 4.90 Å². The van der Waals surface area contributed by atoms with Crippen LogP contribution in [-0.2, 0) is 16.1 Å². The van der Waals surface area contributed by atoms with Crippen LogP contribution in [0, 0.1) is 0 Å². The minimum atomic E-state index is 0.0530. The van der Waals surface area contributed by atoms with Gasteiger partial charge >= 0.3 is 0 Å². The van der Waals surface area contributed by atoms with Crippen molar-refractivity contribution in [3.8, 4) is 11.5 Å². The van der Waals surface area contributed by atoms with Gasteiger partial charge in [0.05, 0.1) is 0 Å². The van der Waals surface area contributed by atoms with Crippen LogP contribution in [0.15, 0.2) is 54.6 Å². The molecule has 1 aliphatic rings. The molecule has 24 heavy (non-hydrogen) atoms. The van der Waals surface area contributed by atoms with E-state index in [2.05, 4.69) is 0 Å². The molecule has 0 bridgehead atoms. The first-order valence-electron chi connectivity index (χ1n) is 7.87. The highest BCUT2D eigenvalue weighted by Crippen LogP contribution is 2.29. The third-order valence-electron chi connectivity index (χ3n) is 3.82. The van der Waals surface area contributed by atoms with Gasteiger partial charge in [-0.25, -0.2) is 0 Å². The maximum absolute atomic E-state index is 12.2. The first-order valence-corrected chi connectivity index (χ1v) is 8.75. The van der Waals surface area contributed by atoms with Gasteiger partial charge in [-0.05, 0) is 18.2 Å². The van der Waals surface area contributed by atoms with Gasteiger partial charge in [-0.1, -0.05) is 48.2 Å². The van der Waals surface area contributed by atoms with Gasteiger partial charge in [0.2, 0.25) is 5.91 Å². The number of likely N-dealkylation sites (tertiary alicyclic amines) is 1. The zero-order chi connectivity index (χ0) is 16.9. The summed E-state index contributed by atoms with van der Waals surface area (Å²) in [5.74, 6) is 1.60. The van der Waals surface area contributed by atoms with Crippen LogP contribution in [0.25, 0.3) is 0 Å². The average Bonchev–Trinajstić information content (AvgIpc) is 2.89. The molecule has 4 nitrogen and oxygen atoms in total. The van der Waals surface area contributed by atoms with E-state index in [4.69, 9.17) is 4.74 Å². The van der Waals surface area contributed by atoms with E-state index in [1.807, 2.05) is 54.6 Å². The SMILES string of the molecule is CC(=O)SC1CC(=O)N(Cc2ccccc2Oc2ccccc2)C1. The number of carbonyl (C=O) groups is 2. The molecule has 0 radical (unpaired) electrons. The number of hydrogen-bond donors (Lipinski definition) is 0. The standard InChI is InChI=1S/C19H19NO3S/c1-14(21)24-17-11-19(22)20(13-17)12-15-7-5-6-10-18(15)23-16-8-3-2-4-9-16/h2-10,17H,11-13H2,1H3. The Morgan fingerprint density at radius 1 is 1.17 bits per heavy atom. The molecule has 3 rings (SSSR count). The number of hydrogen-bond acceptors (Lipinski definition) is 4. The lowest BCUT2D eigenvalue weighted by Gasteiger charge is -2.19. The Hall–Kier alpha value is -2.27. The number of rotatable bonds is 5. The smallest absolute Gasteiger partial charge is 0.224 e. The Balaban J connectivity index is 1.71. The second-order valence-corrected chi connectivity index (χ2v) is 7.21. The van der Waals surface area contributed by atoms with Crippen molar-refractivity contribution >= 4 is 22.8 Å². The molecule has 1 saturated heterocycles. The molecule has 1 aliphatic heterocycles. The number of amides is 1. The summed E-state index contributed by atoms with van der Waals surface area (Å²) in [6.07, 6.45) is 0.423. The fourth-order valence-electron chi connectivity index (χ4n) is 2.76. The minimum absolute atomic E-state index is 0.0530. The first-order chi connectivity index (χ1) is 11.6. The molecule has 0 aliphatic carbocycles. The van der Waals surface area contributed by atoms with Crippen molar-refractivity contribution in [1.29, 1.82) is 0 Å². The second-order valence-electron chi connectivity index (χ2n) is 5.73. The molecule has 2 aromatic carbocycles. The maximum Gasteiger partial charge on any atom is 0.224 e. The highest BCUT2D eigenvalue weighted by molar-refractivity contribution is 8.14. The Kier molecular flexibility index (Phi) is 5.20. The number of carbonyl (C=O) groups excluding carboxylic acids is 2. The highest BCUT2D eigenvalue weighted by atomic mass is 32.2. The van der Waals surface area contributed by atoms with E-state index in [1.165, 1.54) is 11.8 Å². The largest absolute Gasteiger partial charge is 0.457 e. The van der Waals surface area contributed by atoms with Gasteiger partial charge in [0.1, 0.15) is 11.5 Å². The summed E-state index contributed by atoms with van der Waals surface area (Å²) < 4.78 is 5.95. The molecule has 0 N–H and O–H groups in total. The van der Waals surface area contributed by atoms with Gasteiger partial charge < -0.3 is 9.64 Å². The lowest BCUT2D eigenvalue weighted by atomic mass is 10.2. The first kappa shape index (κ1) is 16.6.